The molecule has 8 heteroatoms. The van der Waals surface area contributed by atoms with Crippen LogP contribution in [0.4, 0.5) is 11.4 Å². The Hall–Kier alpha value is -2.19. The number of hydrogen-bond donors (Lipinski definition) is 2. The maximum atomic E-state index is 12.1. The minimum Gasteiger partial charge on any atom is -0.379 e. The summed E-state index contributed by atoms with van der Waals surface area (Å²) in [4.78, 5) is 25.3. The van der Waals surface area contributed by atoms with E-state index in [1.807, 2.05) is 13.8 Å². The van der Waals surface area contributed by atoms with E-state index < -0.39 is 4.92 Å². The molecule has 1 aliphatic heterocycles. The molecule has 1 heterocycles. The summed E-state index contributed by atoms with van der Waals surface area (Å²) >= 11 is 0. The number of nitro groups is 1. The van der Waals surface area contributed by atoms with E-state index in [9.17, 15) is 14.9 Å². The number of carbonyl (C=O) groups is 1. The van der Waals surface area contributed by atoms with Crippen LogP contribution in [-0.2, 0) is 4.74 Å². The largest absolute Gasteiger partial charge is 0.379 e. The van der Waals surface area contributed by atoms with Crippen molar-refractivity contribution >= 4 is 17.3 Å². The van der Waals surface area contributed by atoms with Gasteiger partial charge < -0.3 is 15.4 Å². The van der Waals surface area contributed by atoms with Crippen LogP contribution in [0, 0.1) is 10.1 Å². The van der Waals surface area contributed by atoms with Crippen LogP contribution in [0.15, 0.2) is 18.2 Å². The van der Waals surface area contributed by atoms with Gasteiger partial charge in [0.1, 0.15) is 5.69 Å². The lowest BCUT2D eigenvalue weighted by Crippen LogP contribution is -2.45. The lowest BCUT2D eigenvalue weighted by molar-refractivity contribution is -0.384. The van der Waals surface area contributed by atoms with Crippen LogP contribution in [0.3, 0.4) is 0 Å². The second kappa shape index (κ2) is 9.66. The van der Waals surface area contributed by atoms with Crippen LogP contribution in [0.25, 0.3) is 0 Å². The number of rotatable bonds is 8. The third-order valence-electron chi connectivity index (χ3n) is 4.34. The lowest BCUT2D eigenvalue weighted by Gasteiger charge is -2.35. The van der Waals surface area contributed by atoms with Crippen LogP contribution < -0.4 is 10.6 Å². The van der Waals surface area contributed by atoms with Gasteiger partial charge in [-0.3, -0.25) is 19.8 Å². The van der Waals surface area contributed by atoms with Crippen LogP contribution >= 0.6 is 0 Å². The molecule has 0 saturated carbocycles. The summed E-state index contributed by atoms with van der Waals surface area (Å²) in [7, 11) is 0. The van der Waals surface area contributed by atoms with E-state index in [0.717, 1.165) is 26.1 Å². The van der Waals surface area contributed by atoms with Crippen molar-refractivity contribution < 1.29 is 14.5 Å². The van der Waals surface area contributed by atoms with Gasteiger partial charge >= 0.3 is 0 Å². The average Bonchev–Trinajstić information content (AvgIpc) is 2.57. The number of nitro benzene ring substituents is 1. The van der Waals surface area contributed by atoms with Gasteiger partial charge in [-0.05, 0) is 46.2 Å². The van der Waals surface area contributed by atoms with Crippen LogP contribution in [0.1, 0.15) is 44.5 Å². The second-order valence-electron chi connectivity index (χ2n) is 7.41. The molecular weight excluding hydrogens is 348 g/mol. The van der Waals surface area contributed by atoms with Gasteiger partial charge in [0, 0.05) is 43.9 Å². The number of hydrogen-bond acceptors (Lipinski definition) is 6. The van der Waals surface area contributed by atoms with Crippen molar-refractivity contribution in [1.82, 2.24) is 10.2 Å². The van der Waals surface area contributed by atoms with E-state index >= 15 is 0 Å². The molecule has 1 amide bonds. The molecule has 2 rings (SSSR count). The summed E-state index contributed by atoms with van der Waals surface area (Å²) < 4.78 is 5.72. The molecule has 8 nitrogen and oxygen atoms in total. The summed E-state index contributed by atoms with van der Waals surface area (Å²) in [6.45, 7) is 11.2. The fraction of sp³-hybridized carbons (Fsp3) is 0.632. The minimum atomic E-state index is -0.459. The maximum Gasteiger partial charge on any atom is 0.293 e. The number of morpholine rings is 1. The minimum absolute atomic E-state index is 0.0278. The Morgan fingerprint density at radius 1 is 1.33 bits per heavy atom. The highest BCUT2D eigenvalue weighted by Gasteiger charge is 2.22. The zero-order valence-electron chi connectivity index (χ0n) is 16.5. The van der Waals surface area contributed by atoms with Gasteiger partial charge in [-0.15, -0.1) is 0 Å². The lowest BCUT2D eigenvalue weighted by atomic mass is 10.1. The summed E-state index contributed by atoms with van der Waals surface area (Å²) in [5.41, 5.74) is 0.641. The Morgan fingerprint density at radius 2 is 2.00 bits per heavy atom. The van der Waals surface area contributed by atoms with Crippen molar-refractivity contribution in [2.24, 2.45) is 0 Å². The van der Waals surface area contributed by atoms with Crippen molar-refractivity contribution in [3.8, 4) is 0 Å². The van der Waals surface area contributed by atoms with Crippen molar-refractivity contribution in [1.29, 1.82) is 0 Å². The van der Waals surface area contributed by atoms with Crippen LogP contribution in [0.2, 0.25) is 0 Å². The molecule has 27 heavy (non-hydrogen) atoms. The smallest absolute Gasteiger partial charge is 0.293 e. The van der Waals surface area contributed by atoms with E-state index in [-0.39, 0.29) is 35.4 Å². The summed E-state index contributed by atoms with van der Waals surface area (Å²) in [6, 6.07) is 4.51. The molecular formula is C19H30N4O4. The molecule has 2 atom stereocenters. The zero-order chi connectivity index (χ0) is 20.0. The van der Waals surface area contributed by atoms with Gasteiger partial charge in [-0.2, -0.15) is 0 Å². The SMILES string of the molecule is CC(C)NC(=O)c1ccc(NCCCN2C[C@@H](C)O[C@H](C)C2)c([N+](=O)[O-])c1. The third kappa shape index (κ3) is 6.48. The molecule has 150 valence electrons. The first-order valence-corrected chi connectivity index (χ1v) is 9.47. The summed E-state index contributed by atoms with van der Waals surface area (Å²) in [6.07, 6.45) is 1.33. The van der Waals surface area contributed by atoms with Gasteiger partial charge in [-0.25, -0.2) is 0 Å². The molecule has 0 bridgehead atoms. The highest BCUT2D eigenvalue weighted by Crippen LogP contribution is 2.25. The highest BCUT2D eigenvalue weighted by molar-refractivity contribution is 5.95. The van der Waals surface area contributed by atoms with E-state index in [0.29, 0.717) is 12.2 Å². The standard InChI is InChI=1S/C19H30N4O4/c1-13(2)21-19(24)16-6-7-17(18(10-16)23(25)26)20-8-5-9-22-11-14(3)27-15(4)12-22/h6-7,10,13-15,20H,5,8-9,11-12H2,1-4H3,(H,21,24)/t14-,15-/m1/s1. The van der Waals surface area contributed by atoms with Gasteiger partial charge in [0.05, 0.1) is 17.1 Å². The Bertz CT molecular complexity index is 655. The van der Waals surface area contributed by atoms with Gasteiger partial charge in [0.15, 0.2) is 0 Å². The van der Waals surface area contributed by atoms with E-state index in [4.69, 9.17) is 4.74 Å². The normalized spacial score (nSPS) is 20.5. The zero-order valence-corrected chi connectivity index (χ0v) is 16.5. The molecule has 1 saturated heterocycles. The van der Waals surface area contributed by atoms with Crippen molar-refractivity contribution in [3.05, 3.63) is 33.9 Å². The Morgan fingerprint density at radius 3 is 2.59 bits per heavy atom. The number of nitrogens with one attached hydrogen (secondary N) is 2. The Balaban J connectivity index is 1.91. The summed E-state index contributed by atoms with van der Waals surface area (Å²) in [5.74, 6) is -0.310. The van der Waals surface area contributed by atoms with Crippen LogP contribution in [-0.4, -0.2) is 60.2 Å². The average molecular weight is 378 g/mol. The predicted molar refractivity (Wildman–Crippen MR) is 105 cm³/mol. The maximum absolute atomic E-state index is 12.1. The first-order chi connectivity index (χ1) is 12.8. The number of nitrogens with zero attached hydrogens (tertiary/aromatic N) is 2. The van der Waals surface area contributed by atoms with Gasteiger partial charge in [0.25, 0.3) is 11.6 Å². The third-order valence-corrected chi connectivity index (χ3v) is 4.34. The molecule has 1 aliphatic rings. The number of carbonyl (C=O) groups excluding carboxylic acids is 1. The Labute approximate surface area is 160 Å². The van der Waals surface area contributed by atoms with Gasteiger partial charge in [-0.1, -0.05) is 0 Å². The quantitative estimate of drug-likeness (QED) is 0.410. The molecule has 2 N–H and O–H groups in total. The van der Waals surface area contributed by atoms with E-state index in [1.165, 1.54) is 6.07 Å². The highest BCUT2D eigenvalue weighted by atomic mass is 16.6. The first kappa shape index (κ1) is 21.1. The van der Waals surface area contributed by atoms with E-state index in [1.54, 1.807) is 12.1 Å². The molecule has 0 unspecified atom stereocenters. The molecule has 1 aromatic rings. The molecule has 0 aromatic heterocycles. The molecule has 0 spiro atoms. The first-order valence-electron chi connectivity index (χ1n) is 9.47. The molecule has 1 fully saturated rings. The van der Waals surface area contributed by atoms with E-state index in [2.05, 4.69) is 29.4 Å². The molecule has 0 aliphatic carbocycles. The number of ether oxygens (including phenoxy) is 1. The van der Waals surface area contributed by atoms with Crippen LogP contribution in [0.5, 0.6) is 0 Å². The molecule has 1 aromatic carbocycles. The summed E-state index contributed by atoms with van der Waals surface area (Å²) in [5, 5.41) is 17.3. The van der Waals surface area contributed by atoms with Crippen molar-refractivity contribution in [3.63, 3.8) is 0 Å². The topological polar surface area (TPSA) is 96.7 Å². The predicted octanol–water partition coefficient (Wildman–Crippen LogP) is 2.64. The fourth-order valence-corrected chi connectivity index (χ4v) is 3.31. The number of benzene rings is 1. The van der Waals surface area contributed by atoms with Gasteiger partial charge in [0.2, 0.25) is 0 Å². The monoisotopic (exact) mass is 378 g/mol. The Kier molecular flexibility index (Phi) is 7.55. The number of anilines is 1. The fourth-order valence-electron chi connectivity index (χ4n) is 3.31. The molecule has 0 radical (unpaired) electrons. The number of amides is 1. The van der Waals surface area contributed by atoms with Crippen molar-refractivity contribution in [2.45, 2.75) is 52.4 Å². The second-order valence-corrected chi connectivity index (χ2v) is 7.41. The van der Waals surface area contributed by atoms with Crippen molar-refractivity contribution in [2.75, 3.05) is 31.5 Å².